The first-order chi connectivity index (χ1) is 9.11. The lowest BCUT2D eigenvalue weighted by Gasteiger charge is -2.21. The fraction of sp³-hybridized carbons (Fsp3) is 0.357. The number of hydrogen-bond donors (Lipinski definition) is 1. The topological polar surface area (TPSA) is 40.5 Å². The third-order valence-corrected chi connectivity index (χ3v) is 3.80. The van der Waals surface area contributed by atoms with Crippen molar-refractivity contribution < 1.29 is 9.90 Å². The van der Waals surface area contributed by atoms with Crippen LogP contribution in [0.5, 0.6) is 0 Å². The number of likely N-dealkylation sites (tertiary alicyclic amines) is 1. The van der Waals surface area contributed by atoms with Gasteiger partial charge in [-0.2, -0.15) is 0 Å². The molecule has 19 heavy (non-hydrogen) atoms. The number of aliphatic hydroxyl groups excluding tert-OH is 1. The van der Waals surface area contributed by atoms with Gasteiger partial charge in [0.2, 0.25) is 5.91 Å². The van der Waals surface area contributed by atoms with Crippen molar-refractivity contribution in [2.24, 2.45) is 0 Å². The van der Waals surface area contributed by atoms with Gasteiger partial charge in [-0.15, -0.1) is 0 Å². The number of aliphatic hydroxyl groups is 1. The fourth-order valence-electron chi connectivity index (χ4n) is 2.21. The Labute approximate surface area is 122 Å². The van der Waals surface area contributed by atoms with Crippen LogP contribution in [0, 0.1) is 0 Å². The number of rotatable bonds is 3. The molecule has 102 valence electrons. The van der Waals surface area contributed by atoms with Gasteiger partial charge in [-0.1, -0.05) is 29.3 Å². The normalized spacial score (nSPS) is 19.3. The number of halogens is 2. The summed E-state index contributed by atoms with van der Waals surface area (Å²) in [5.74, 6) is -0.0948. The van der Waals surface area contributed by atoms with Crippen molar-refractivity contribution in [1.82, 2.24) is 4.90 Å². The number of benzene rings is 1. The van der Waals surface area contributed by atoms with Gasteiger partial charge in [0.25, 0.3) is 0 Å². The van der Waals surface area contributed by atoms with Gasteiger partial charge < -0.3 is 10.0 Å². The molecule has 1 saturated heterocycles. The maximum absolute atomic E-state index is 12.0. The Morgan fingerprint density at radius 2 is 2.26 bits per heavy atom. The van der Waals surface area contributed by atoms with Crippen molar-refractivity contribution in [3.63, 3.8) is 0 Å². The molecular weight excluding hydrogens is 285 g/mol. The first-order valence-corrected chi connectivity index (χ1v) is 6.92. The molecule has 1 aromatic rings. The van der Waals surface area contributed by atoms with Crippen LogP contribution in [-0.4, -0.2) is 35.1 Å². The van der Waals surface area contributed by atoms with Crippen molar-refractivity contribution >= 4 is 35.2 Å². The van der Waals surface area contributed by atoms with Crippen molar-refractivity contribution in [1.29, 1.82) is 0 Å². The lowest BCUT2D eigenvalue weighted by Crippen LogP contribution is -2.36. The quantitative estimate of drug-likeness (QED) is 0.872. The lowest BCUT2D eigenvalue weighted by molar-refractivity contribution is -0.127. The third kappa shape index (κ3) is 3.50. The summed E-state index contributed by atoms with van der Waals surface area (Å²) in [6.07, 6.45) is 4.96. The molecule has 1 aliphatic heterocycles. The zero-order chi connectivity index (χ0) is 13.8. The highest BCUT2D eigenvalue weighted by molar-refractivity contribution is 6.35. The molecule has 2 rings (SSSR count). The first kappa shape index (κ1) is 14.4. The molecule has 1 atom stereocenters. The Bertz CT molecular complexity index is 502. The molecule has 1 aliphatic rings. The van der Waals surface area contributed by atoms with Crippen LogP contribution in [0.15, 0.2) is 24.3 Å². The second-order valence-electron chi connectivity index (χ2n) is 4.51. The van der Waals surface area contributed by atoms with E-state index in [0.717, 1.165) is 18.4 Å². The number of hydrogen-bond acceptors (Lipinski definition) is 2. The Morgan fingerprint density at radius 1 is 1.47 bits per heavy atom. The molecule has 0 unspecified atom stereocenters. The van der Waals surface area contributed by atoms with E-state index in [1.54, 1.807) is 29.2 Å². The van der Waals surface area contributed by atoms with Crippen LogP contribution >= 0.6 is 23.2 Å². The fourth-order valence-corrected chi connectivity index (χ4v) is 2.68. The smallest absolute Gasteiger partial charge is 0.246 e. The summed E-state index contributed by atoms with van der Waals surface area (Å²) < 4.78 is 0. The second kappa shape index (κ2) is 6.42. The molecule has 3 nitrogen and oxygen atoms in total. The Morgan fingerprint density at radius 3 is 2.95 bits per heavy atom. The molecule has 1 amide bonds. The Kier molecular flexibility index (Phi) is 4.86. The summed E-state index contributed by atoms with van der Waals surface area (Å²) in [5.41, 5.74) is 0.749. The summed E-state index contributed by atoms with van der Waals surface area (Å²) >= 11 is 11.8. The highest BCUT2D eigenvalue weighted by Crippen LogP contribution is 2.22. The number of carbonyl (C=O) groups excluding carboxylic acids is 1. The SMILES string of the molecule is O=C(C=Cc1ccc(Cl)cc1Cl)N1CCC[C@@H]1CO. The molecule has 0 aromatic heterocycles. The van der Waals surface area contributed by atoms with E-state index in [-0.39, 0.29) is 18.6 Å². The minimum atomic E-state index is -0.0948. The maximum atomic E-state index is 12.0. The number of carbonyl (C=O) groups is 1. The minimum Gasteiger partial charge on any atom is -0.394 e. The zero-order valence-corrected chi connectivity index (χ0v) is 11.9. The summed E-state index contributed by atoms with van der Waals surface area (Å²) in [6.45, 7) is 0.712. The van der Waals surface area contributed by atoms with E-state index in [1.165, 1.54) is 6.08 Å². The van der Waals surface area contributed by atoms with Gasteiger partial charge in [0, 0.05) is 22.7 Å². The van der Waals surface area contributed by atoms with Crippen LogP contribution in [0.1, 0.15) is 18.4 Å². The molecule has 1 aromatic carbocycles. The van der Waals surface area contributed by atoms with E-state index in [1.807, 2.05) is 0 Å². The Hall–Kier alpha value is -1.03. The van der Waals surface area contributed by atoms with Gasteiger partial charge in [-0.3, -0.25) is 4.79 Å². The molecule has 0 aliphatic carbocycles. The summed E-state index contributed by atoms with van der Waals surface area (Å²) in [7, 11) is 0. The molecule has 1 N–H and O–H groups in total. The van der Waals surface area contributed by atoms with Crippen LogP contribution in [0.25, 0.3) is 6.08 Å². The summed E-state index contributed by atoms with van der Waals surface area (Å²) in [6, 6.07) is 5.07. The molecular formula is C14H15Cl2NO2. The molecule has 1 fully saturated rings. The molecule has 0 bridgehead atoms. The molecule has 1 heterocycles. The van der Waals surface area contributed by atoms with Gasteiger partial charge in [-0.05, 0) is 36.6 Å². The minimum absolute atomic E-state index is 0.0152. The highest BCUT2D eigenvalue weighted by Gasteiger charge is 2.26. The average molecular weight is 300 g/mol. The van der Waals surface area contributed by atoms with Crippen LogP contribution in [0.2, 0.25) is 10.0 Å². The van der Waals surface area contributed by atoms with Gasteiger partial charge in [-0.25, -0.2) is 0 Å². The molecule has 0 radical (unpaired) electrons. The van der Waals surface area contributed by atoms with Gasteiger partial charge in [0.05, 0.1) is 12.6 Å². The predicted octanol–water partition coefficient (Wildman–Crippen LogP) is 2.99. The monoisotopic (exact) mass is 299 g/mol. The van der Waals surface area contributed by atoms with Gasteiger partial charge in [0.15, 0.2) is 0 Å². The van der Waals surface area contributed by atoms with E-state index >= 15 is 0 Å². The predicted molar refractivity (Wildman–Crippen MR) is 77.3 cm³/mol. The van der Waals surface area contributed by atoms with Crippen LogP contribution in [0.3, 0.4) is 0 Å². The van der Waals surface area contributed by atoms with Gasteiger partial charge >= 0.3 is 0 Å². The second-order valence-corrected chi connectivity index (χ2v) is 5.35. The number of nitrogens with zero attached hydrogens (tertiary/aromatic N) is 1. The Balaban J connectivity index is 2.07. The van der Waals surface area contributed by atoms with Crippen molar-refractivity contribution in [3.05, 3.63) is 39.9 Å². The van der Waals surface area contributed by atoms with Crippen molar-refractivity contribution in [2.45, 2.75) is 18.9 Å². The van der Waals surface area contributed by atoms with Crippen molar-refractivity contribution in [3.8, 4) is 0 Å². The average Bonchev–Trinajstić information content (AvgIpc) is 2.85. The standard InChI is InChI=1S/C14H15Cl2NO2/c15-11-5-3-10(13(16)8-11)4-6-14(19)17-7-1-2-12(17)9-18/h3-6,8,12,18H,1-2,7,9H2/t12-/m1/s1. The van der Waals surface area contributed by atoms with Crippen LogP contribution in [-0.2, 0) is 4.79 Å². The van der Waals surface area contributed by atoms with E-state index in [4.69, 9.17) is 23.2 Å². The summed E-state index contributed by atoms with van der Waals surface area (Å²) in [4.78, 5) is 13.7. The molecule has 5 heteroatoms. The van der Waals surface area contributed by atoms with E-state index in [0.29, 0.717) is 16.6 Å². The van der Waals surface area contributed by atoms with Crippen molar-refractivity contribution in [2.75, 3.05) is 13.2 Å². The maximum Gasteiger partial charge on any atom is 0.246 e. The molecule has 0 spiro atoms. The number of amides is 1. The highest BCUT2D eigenvalue weighted by atomic mass is 35.5. The van der Waals surface area contributed by atoms with E-state index < -0.39 is 0 Å². The molecule has 0 saturated carbocycles. The lowest BCUT2D eigenvalue weighted by atomic mass is 10.2. The summed E-state index contributed by atoms with van der Waals surface area (Å²) in [5, 5.41) is 10.3. The largest absolute Gasteiger partial charge is 0.394 e. The first-order valence-electron chi connectivity index (χ1n) is 6.16. The van der Waals surface area contributed by atoms with E-state index in [9.17, 15) is 9.90 Å². The zero-order valence-electron chi connectivity index (χ0n) is 10.4. The van der Waals surface area contributed by atoms with Gasteiger partial charge in [0.1, 0.15) is 0 Å². The van der Waals surface area contributed by atoms with Crippen LogP contribution in [0.4, 0.5) is 0 Å². The van der Waals surface area contributed by atoms with E-state index in [2.05, 4.69) is 0 Å². The van der Waals surface area contributed by atoms with Crippen LogP contribution < -0.4 is 0 Å². The third-order valence-electron chi connectivity index (χ3n) is 3.24.